The van der Waals surface area contributed by atoms with Gasteiger partial charge in [-0.1, -0.05) is 23.4 Å². The van der Waals surface area contributed by atoms with Crippen LogP contribution in [0.5, 0.6) is 0 Å². The summed E-state index contributed by atoms with van der Waals surface area (Å²) in [5.41, 5.74) is 7.15. The second-order valence-corrected chi connectivity index (χ2v) is 5.23. The lowest BCUT2D eigenvalue weighted by Crippen LogP contribution is -1.89. The Morgan fingerprint density at radius 2 is 2.11 bits per heavy atom. The SMILES string of the molecule is Cc1ncc(-c2noc(N)c2-c2ccccc2F)s1. The van der Waals surface area contributed by atoms with Crippen LogP contribution in [-0.4, -0.2) is 10.1 Å². The lowest BCUT2D eigenvalue weighted by Gasteiger charge is -2.02. The van der Waals surface area contributed by atoms with Crippen molar-refractivity contribution in [3.05, 3.63) is 41.3 Å². The molecule has 2 N–H and O–H groups in total. The van der Waals surface area contributed by atoms with Gasteiger partial charge in [0, 0.05) is 11.8 Å². The van der Waals surface area contributed by atoms with Crippen LogP contribution in [-0.2, 0) is 0 Å². The fraction of sp³-hybridized carbons (Fsp3) is 0.0769. The smallest absolute Gasteiger partial charge is 0.230 e. The standard InChI is InChI=1S/C13H10FN3OS/c1-7-16-6-10(19-7)12-11(13(15)18-17-12)8-4-2-3-5-9(8)14/h2-6H,15H2,1H3. The highest BCUT2D eigenvalue weighted by Crippen LogP contribution is 2.39. The summed E-state index contributed by atoms with van der Waals surface area (Å²) in [6, 6.07) is 6.39. The molecule has 2 aromatic heterocycles. The maximum absolute atomic E-state index is 13.9. The van der Waals surface area contributed by atoms with Crippen LogP contribution in [0.4, 0.5) is 10.3 Å². The molecule has 0 radical (unpaired) electrons. The molecule has 0 fully saturated rings. The molecule has 3 aromatic rings. The molecule has 0 atom stereocenters. The number of nitrogens with two attached hydrogens (primary N) is 1. The molecule has 4 nitrogen and oxygen atoms in total. The molecule has 0 saturated heterocycles. The normalized spacial score (nSPS) is 10.8. The fourth-order valence-corrected chi connectivity index (χ4v) is 2.63. The largest absolute Gasteiger partial charge is 0.367 e. The van der Waals surface area contributed by atoms with Gasteiger partial charge in [-0.05, 0) is 13.0 Å². The Hall–Kier alpha value is -2.21. The van der Waals surface area contributed by atoms with Gasteiger partial charge in [-0.3, -0.25) is 0 Å². The number of anilines is 1. The minimum atomic E-state index is -0.361. The Morgan fingerprint density at radius 3 is 2.79 bits per heavy atom. The predicted molar refractivity (Wildman–Crippen MR) is 72.2 cm³/mol. The van der Waals surface area contributed by atoms with Gasteiger partial charge in [0.15, 0.2) is 0 Å². The number of thiazole rings is 1. The van der Waals surface area contributed by atoms with Crippen molar-refractivity contribution in [2.45, 2.75) is 6.92 Å². The van der Waals surface area contributed by atoms with Crippen molar-refractivity contribution in [1.82, 2.24) is 10.1 Å². The van der Waals surface area contributed by atoms with Crippen LogP contribution in [0.1, 0.15) is 5.01 Å². The van der Waals surface area contributed by atoms with E-state index in [9.17, 15) is 4.39 Å². The van der Waals surface area contributed by atoms with Crippen LogP contribution in [0.3, 0.4) is 0 Å². The van der Waals surface area contributed by atoms with Crippen LogP contribution in [0.15, 0.2) is 35.0 Å². The summed E-state index contributed by atoms with van der Waals surface area (Å²) in [5, 5.41) is 4.82. The molecule has 0 spiro atoms. The van der Waals surface area contributed by atoms with E-state index in [2.05, 4.69) is 10.1 Å². The summed E-state index contributed by atoms with van der Waals surface area (Å²) in [7, 11) is 0. The Bertz CT molecular complexity index is 735. The van der Waals surface area contributed by atoms with E-state index in [0.29, 0.717) is 16.8 Å². The average Bonchev–Trinajstić information content (AvgIpc) is 2.96. The highest BCUT2D eigenvalue weighted by molar-refractivity contribution is 7.15. The van der Waals surface area contributed by atoms with Crippen molar-refractivity contribution < 1.29 is 8.91 Å². The molecule has 0 aliphatic rings. The molecule has 0 unspecified atom stereocenters. The maximum Gasteiger partial charge on any atom is 0.230 e. The third kappa shape index (κ3) is 2.00. The van der Waals surface area contributed by atoms with Crippen molar-refractivity contribution in [2.75, 3.05) is 5.73 Å². The molecule has 6 heteroatoms. The summed E-state index contributed by atoms with van der Waals surface area (Å²) in [6.07, 6.45) is 1.68. The molecule has 1 aromatic carbocycles. The molecular weight excluding hydrogens is 265 g/mol. The van der Waals surface area contributed by atoms with Gasteiger partial charge in [-0.2, -0.15) is 0 Å². The Balaban J connectivity index is 2.22. The average molecular weight is 275 g/mol. The van der Waals surface area contributed by atoms with Crippen molar-refractivity contribution in [3.63, 3.8) is 0 Å². The second-order valence-electron chi connectivity index (χ2n) is 3.99. The van der Waals surface area contributed by atoms with E-state index >= 15 is 0 Å². The van der Waals surface area contributed by atoms with E-state index in [-0.39, 0.29) is 11.7 Å². The van der Waals surface area contributed by atoms with Gasteiger partial charge in [-0.25, -0.2) is 9.37 Å². The first-order valence-corrected chi connectivity index (χ1v) is 6.41. The first kappa shape index (κ1) is 11.9. The summed E-state index contributed by atoms with van der Waals surface area (Å²) >= 11 is 1.46. The van der Waals surface area contributed by atoms with E-state index in [0.717, 1.165) is 9.88 Å². The molecule has 96 valence electrons. The zero-order valence-corrected chi connectivity index (χ0v) is 10.9. The highest BCUT2D eigenvalue weighted by atomic mass is 32.1. The lowest BCUT2D eigenvalue weighted by molar-refractivity contribution is 0.439. The molecule has 0 saturated carbocycles. The van der Waals surface area contributed by atoms with Crippen LogP contribution in [0.2, 0.25) is 0 Å². The molecule has 2 heterocycles. The molecule has 0 aliphatic heterocycles. The summed E-state index contributed by atoms with van der Waals surface area (Å²) in [6.45, 7) is 1.89. The number of aryl methyl sites for hydroxylation is 1. The van der Waals surface area contributed by atoms with Crippen LogP contribution >= 0.6 is 11.3 Å². The lowest BCUT2D eigenvalue weighted by atomic mass is 10.0. The quantitative estimate of drug-likeness (QED) is 0.777. The van der Waals surface area contributed by atoms with E-state index in [1.54, 1.807) is 24.4 Å². The first-order chi connectivity index (χ1) is 9.16. The minimum Gasteiger partial charge on any atom is -0.367 e. The van der Waals surface area contributed by atoms with Gasteiger partial charge in [0.1, 0.15) is 11.5 Å². The topological polar surface area (TPSA) is 64.9 Å². The van der Waals surface area contributed by atoms with E-state index in [1.807, 2.05) is 6.92 Å². The van der Waals surface area contributed by atoms with Gasteiger partial charge in [0.2, 0.25) is 5.88 Å². The minimum absolute atomic E-state index is 0.103. The third-order valence-corrected chi connectivity index (χ3v) is 3.64. The van der Waals surface area contributed by atoms with Gasteiger partial charge in [-0.15, -0.1) is 11.3 Å². The maximum atomic E-state index is 13.9. The number of aromatic nitrogens is 2. The fourth-order valence-electron chi connectivity index (χ4n) is 1.87. The van der Waals surface area contributed by atoms with Crippen LogP contribution in [0.25, 0.3) is 21.7 Å². The van der Waals surface area contributed by atoms with Crippen LogP contribution in [0, 0.1) is 12.7 Å². The molecule has 0 amide bonds. The molecule has 0 bridgehead atoms. The monoisotopic (exact) mass is 275 g/mol. The molecule has 19 heavy (non-hydrogen) atoms. The third-order valence-electron chi connectivity index (χ3n) is 2.72. The van der Waals surface area contributed by atoms with Gasteiger partial charge in [0.05, 0.1) is 15.4 Å². The van der Waals surface area contributed by atoms with Gasteiger partial charge < -0.3 is 10.3 Å². The summed E-state index contributed by atoms with van der Waals surface area (Å²) in [4.78, 5) is 4.96. The number of rotatable bonds is 2. The first-order valence-electron chi connectivity index (χ1n) is 5.59. The Kier molecular flexibility index (Phi) is 2.79. The van der Waals surface area contributed by atoms with Crippen molar-refractivity contribution in [2.24, 2.45) is 0 Å². The van der Waals surface area contributed by atoms with E-state index < -0.39 is 0 Å². The number of halogens is 1. The van der Waals surface area contributed by atoms with Gasteiger partial charge in [0.25, 0.3) is 0 Å². The molecular formula is C13H10FN3OS. The Morgan fingerprint density at radius 1 is 1.32 bits per heavy atom. The van der Waals surface area contributed by atoms with Crippen molar-refractivity contribution >= 4 is 17.2 Å². The van der Waals surface area contributed by atoms with E-state index in [4.69, 9.17) is 10.3 Å². The number of benzene rings is 1. The molecule has 3 rings (SSSR count). The van der Waals surface area contributed by atoms with Crippen molar-refractivity contribution in [3.8, 4) is 21.7 Å². The number of hydrogen-bond acceptors (Lipinski definition) is 5. The predicted octanol–water partition coefficient (Wildman–Crippen LogP) is 3.49. The zero-order chi connectivity index (χ0) is 13.4. The van der Waals surface area contributed by atoms with E-state index in [1.165, 1.54) is 17.4 Å². The second kappa shape index (κ2) is 4.47. The summed E-state index contributed by atoms with van der Waals surface area (Å²) in [5.74, 6) is -0.258. The number of nitrogens with zero attached hydrogens (tertiary/aromatic N) is 2. The summed E-state index contributed by atoms with van der Waals surface area (Å²) < 4.78 is 18.9. The number of hydrogen-bond donors (Lipinski definition) is 1. The van der Waals surface area contributed by atoms with Crippen LogP contribution < -0.4 is 5.73 Å². The van der Waals surface area contributed by atoms with Gasteiger partial charge >= 0.3 is 0 Å². The zero-order valence-electron chi connectivity index (χ0n) is 10.1. The number of nitrogen functional groups attached to an aromatic ring is 1. The van der Waals surface area contributed by atoms with Crippen molar-refractivity contribution in [1.29, 1.82) is 0 Å². The molecule has 0 aliphatic carbocycles. The highest BCUT2D eigenvalue weighted by Gasteiger charge is 2.21. The Labute approximate surface area is 112 Å².